The summed E-state index contributed by atoms with van der Waals surface area (Å²) in [5, 5.41) is 40.3. The minimum Gasteiger partial charge on any atom is -0.394 e. The maximum Gasteiger partial charge on any atom is 0.186 e. The fraction of sp³-hybridized carbons (Fsp3) is 0.824. The molecule has 13 atom stereocenters. The maximum atomic E-state index is 10.5. The minimum atomic E-state index is -1.40. The van der Waals surface area contributed by atoms with E-state index in [1.807, 2.05) is 0 Å². The summed E-state index contributed by atoms with van der Waals surface area (Å²) < 4.78 is 11.9. The molecule has 2 saturated carbocycles. The SMILES string of the molecule is CC(C)[C@@H](C)/C=C/[C@@H](C)[C@H]1CC[C@H]2C3=CC[C@H]4C[C@@H](O[C@@H]5O[C@H](CO)[C@@H](O)[C@H](O)[C@H]5O)CC[C@]4(C)C3=CC[C@]12C. The molecule has 1 aliphatic heterocycles. The lowest BCUT2D eigenvalue weighted by molar-refractivity contribution is -0.314. The van der Waals surface area contributed by atoms with E-state index in [1.54, 1.807) is 11.1 Å². The molecule has 0 amide bonds. The number of rotatable bonds is 7. The van der Waals surface area contributed by atoms with Crippen LogP contribution >= 0.6 is 0 Å². The second-order valence-corrected chi connectivity index (χ2v) is 14.7. The monoisotopic (exact) mass is 558 g/mol. The Hall–Kier alpha value is -1.02. The Balaban J connectivity index is 1.28. The number of hydrogen-bond acceptors (Lipinski definition) is 6. The molecule has 4 aliphatic carbocycles. The van der Waals surface area contributed by atoms with Gasteiger partial charge in [-0.15, -0.1) is 0 Å². The average molecular weight is 559 g/mol. The van der Waals surface area contributed by atoms with Gasteiger partial charge in [0.15, 0.2) is 6.29 Å². The second-order valence-electron chi connectivity index (χ2n) is 14.7. The van der Waals surface area contributed by atoms with Crippen molar-refractivity contribution in [1.82, 2.24) is 0 Å². The smallest absolute Gasteiger partial charge is 0.186 e. The molecule has 226 valence electrons. The van der Waals surface area contributed by atoms with E-state index in [9.17, 15) is 20.4 Å². The lowest BCUT2D eigenvalue weighted by atomic mass is 9.51. The molecule has 0 aromatic rings. The van der Waals surface area contributed by atoms with Gasteiger partial charge in [-0.25, -0.2) is 0 Å². The van der Waals surface area contributed by atoms with E-state index in [-0.39, 0.29) is 11.5 Å². The van der Waals surface area contributed by atoms with E-state index in [1.165, 1.54) is 12.8 Å². The van der Waals surface area contributed by atoms with Crippen molar-refractivity contribution in [2.75, 3.05) is 6.61 Å². The molecule has 1 heterocycles. The van der Waals surface area contributed by atoms with Gasteiger partial charge in [0.05, 0.1) is 12.7 Å². The van der Waals surface area contributed by atoms with Gasteiger partial charge < -0.3 is 29.9 Å². The Bertz CT molecular complexity index is 1000. The highest BCUT2D eigenvalue weighted by atomic mass is 16.7. The average Bonchev–Trinajstić information content (AvgIpc) is 3.29. The van der Waals surface area contributed by atoms with Crippen molar-refractivity contribution in [3.63, 3.8) is 0 Å². The third kappa shape index (κ3) is 5.20. The molecule has 0 unspecified atom stereocenters. The van der Waals surface area contributed by atoms with Gasteiger partial charge in [0, 0.05) is 0 Å². The molecule has 6 heteroatoms. The molecule has 0 bridgehead atoms. The molecule has 6 nitrogen and oxygen atoms in total. The molecule has 0 radical (unpaired) electrons. The van der Waals surface area contributed by atoms with Crippen LogP contribution in [0.1, 0.15) is 86.5 Å². The van der Waals surface area contributed by atoms with Gasteiger partial charge in [0.2, 0.25) is 0 Å². The second kappa shape index (κ2) is 11.6. The van der Waals surface area contributed by atoms with Crippen LogP contribution in [0.5, 0.6) is 0 Å². The molecule has 3 fully saturated rings. The van der Waals surface area contributed by atoms with Crippen LogP contribution < -0.4 is 0 Å². The Morgan fingerprint density at radius 1 is 1.00 bits per heavy atom. The lowest BCUT2D eigenvalue weighted by Gasteiger charge is -2.54. The number of aliphatic hydroxyl groups is 4. The maximum absolute atomic E-state index is 10.5. The van der Waals surface area contributed by atoms with Crippen LogP contribution in [0, 0.1) is 46.3 Å². The molecule has 5 rings (SSSR count). The summed E-state index contributed by atoms with van der Waals surface area (Å²) in [4.78, 5) is 0. The van der Waals surface area contributed by atoms with E-state index in [0.717, 1.165) is 32.1 Å². The van der Waals surface area contributed by atoms with Crippen molar-refractivity contribution >= 4 is 0 Å². The van der Waals surface area contributed by atoms with Crippen molar-refractivity contribution in [2.24, 2.45) is 46.3 Å². The van der Waals surface area contributed by atoms with Crippen molar-refractivity contribution in [2.45, 2.75) is 123 Å². The highest BCUT2D eigenvalue weighted by Crippen LogP contribution is 2.65. The Morgan fingerprint density at radius 3 is 2.45 bits per heavy atom. The van der Waals surface area contributed by atoms with Crippen molar-refractivity contribution in [3.8, 4) is 0 Å². The third-order valence-corrected chi connectivity index (χ3v) is 12.1. The number of aliphatic hydroxyl groups excluding tert-OH is 4. The predicted octanol–water partition coefficient (Wildman–Crippen LogP) is 5.16. The normalized spacial score (nSPS) is 46.8. The molecule has 40 heavy (non-hydrogen) atoms. The van der Waals surface area contributed by atoms with Crippen LogP contribution in [0.15, 0.2) is 35.5 Å². The van der Waals surface area contributed by atoms with Gasteiger partial charge in [-0.2, -0.15) is 0 Å². The lowest BCUT2D eigenvalue weighted by Crippen LogP contribution is -2.60. The summed E-state index contributed by atoms with van der Waals surface area (Å²) in [5.41, 5.74) is 3.63. The minimum absolute atomic E-state index is 0.0966. The predicted molar refractivity (Wildman–Crippen MR) is 156 cm³/mol. The summed E-state index contributed by atoms with van der Waals surface area (Å²) >= 11 is 0. The molecule has 0 aromatic heterocycles. The number of fused-ring (bicyclic) bond motifs is 5. The van der Waals surface area contributed by atoms with Crippen LogP contribution in [0.4, 0.5) is 0 Å². The number of allylic oxidation sites excluding steroid dienone is 6. The van der Waals surface area contributed by atoms with Gasteiger partial charge in [-0.3, -0.25) is 0 Å². The van der Waals surface area contributed by atoms with E-state index in [0.29, 0.717) is 40.9 Å². The first kappa shape index (κ1) is 30.4. The van der Waals surface area contributed by atoms with Gasteiger partial charge >= 0.3 is 0 Å². The Labute approximate surface area is 241 Å². The first-order valence-corrected chi connectivity index (χ1v) is 16.0. The van der Waals surface area contributed by atoms with Crippen LogP contribution in [-0.4, -0.2) is 63.8 Å². The van der Waals surface area contributed by atoms with Gasteiger partial charge in [-0.05, 0) is 102 Å². The van der Waals surface area contributed by atoms with Gasteiger partial charge in [0.1, 0.15) is 24.4 Å². The molecule has 5 aliphatic rings. The zero-order valence-electron chi connectivity index (χ0n) is 25.5. The van der Waals surface area contributed by atoms with Crippen molar-refractivity contribution < 1.29 is 29.9 Å². The Kier molecular flexibility index (Phi) is 8.81. The van der Waals surface area contributed by atoms with Crippen LogP contribution in [-0.2, 0) is 9.47 Å². The van der Waals surface area contributed by atoms with Gasteiger partial charge in [-0.1, -0.05) is 65.8 Å². The molecular formula is C34H54O6. The first-order chi connectivity index (χ1) is 18.9. The highest BCUT2D eigenvalue weighted by Gasteiger charge is 2.55. The first-order valence-electron chi connectivity index (χ1n) is 16.0. The zero-order valence-corrected chi connectivity index (χ0v) is 25.5. The van der Waals surface area contributed by atoms with Crippen molar-refractivity contribution in [1.29, 1.82) is 0 Å². The summed E-state index contributed by atoms with van der Waals surface area (Å²) in [6.07, 6.45) is 11.4. The molecule has 0 aromatic carbocycles. The van der Waals surface area contributed by atoms with E-state index in [2.05, 4.69) is 65.8 Å². The molecule has 1 saturated heterocycles. The largest absolute Gasteiger partial charge is 0.394 e. The standard InChI is InChI=1S/C34H54O6/c1-19(2)20(3)7-8-21(4)25-11-12-26-24-10-9-22-17-23(13-15-33(22,5)27(24)14-16-34(25,26)6)39-32-31(38)30(37)29(36)28(18-35)40-32/h7-8,10,14,19-23,25-26,28-32,35-38H,9,11-13,15-18H2,1-6H3/b8-7+/t20-,21+,22-,23-,25+,26-,28+,29+,30-,31+,32+,33-,34+/m0/s1. The molecule has 0 spiro atoms. The van der Waals surface area contributed by atoms with Crippen LogP contribution in [0.25, 0.3) is 0 Å². The number of hydrogen-bond donors (Lipinski definition) is 4. The van der Waals surface area contributed by atoms with Crippen LogP contribution in [0.2, 0.25) is 0 Å². The summed E-state index contributed by atoms with van der Waals surface area (Å²) in [6.45, 7) is 13.9. The topological polar surface area (TPSA) is 99.4 Å². The van der Waals surface area contributed by atoms with E-state index < -0.39 is 37.3 Å². The molecule has 4 N–H and O–H groups in total. The van der Waals surface area contributed by atoms with E-state index >= 15 is 0 Å². The zero-order chi connectivity index (χ0) is 29.0. The number of ether oxygens (including phenoxy) is 2. The van der Waals surface area contributed by atoms with Crippen molar-refractivity contribution in [3.05, 3.63) is 35.5 Å². The summed E-state index contributed by atoms with van der Waals surface area (Å²) in [5.74, 6) is 3.68. The van der Waals surface area contributed by atoms with E-state index in [4.69, 9.17) is 9.47 Å². The molecular weight excluding hydrogens is 504 g/mol. The van der Waals surface area contributed by atoms with Gasteiger partial charge in [0.25, 0.3) is 0 Å². The van der Waals surface area contributed by atoms with Crippen LogP contribution in [0.3, 0.4) is 0 Å². The summed E-state index contributed by atoms with van der Waals surface area (Å²) in [7, 11) is 0. The third-order valence-electron chi connectivity index (χ3n) is 12.1. The summed E-state index contributed by atoms with van der Waals surface area (Å²) in [6, 6.07) is 0. The fourth-order valence-corrected chi connectivity index (χ4v) is 8.91. The fourth-order valence-electron chi connectivity index (χ4n) is 8.91. The highest BCUT2D eigenvalue weighted by molar-refractivity contribution is 5.46. The quantitative estimate of drug-likeness (QED) is 0.323. The Morgan fingerprint density at radius 2 is 1.75 bits per heavy atom.